The van der Waals surface area contributed by atoms with E-state index in [0.29, 0.717) is 23.5 Å². The highest BCUT2D eigenvalue weighted by Crippen LogP contribution is 2.39. The SMILES string of the molecule is O=C(NC1CS(=O)(=O)C1)N1C2CCC(CC2)Nc2nccc(n2)Nc2cc([nH]n2)C2CCC1C2. The third-order valence-electron chi connectivity index (χ3n) is 7.64. The maximum absolute atomic E-state index is 13.4. The molecule has 0 spiro atoms. The zero-order chi connectivity index (χ0) is 23.3. The molecule has 2 aromatic heterocycles. The third-order valence-corrected chi connectivity index (χ3v) is 9.46. The van der Waals surface area contributed by atoms with Crippen molar-refractivity contribution in [3.63, 3.8) is 0 Å². The van der Waals surface area contributed by atoms with Gasteiger partial charge in [0.15, 0.2) is 15.7 Å². The Labute approximate surface area is 198 Å². The Kier molecular flexibility index (Phi) is 5.34. The van der Waals surface area contributed by atoms with Crippen molar-refractivity contribution in [1.29, 1.82) is 0 Å². The highest BCUT2D eigenvalue weighted by atomic mass is 32.2. The van der Waals surface area contributed by atoms with Gasteiger partial charge < -0.3 is 20.9 Å². The van der Waals surface area contributed by atoms with Crippen molar-refractivity contribution >= 4 is 33.5 Å². The monoisotopic (exact) mass is 486 g/mol. The minimum atomic E-state index is -2.99. The normalized spacial score (nSPS) is 30.2. The number of rotatable bonds is 1. The van der Waals surface area contributed by atoms with Gasteiger partial charge in [0.05, 0.1) is 17.5 Å². The summed E-state index contributed by atoms with van der Waals surface area (Å²) in [7, 11) is -2.99. The van der Waals surface area contributed by atoms with E-state index < -0.39 is 9.84 Å². The van der Waals surface area contributed by atoms with Gasteiger partial charge in [-0.15, -0.1) is 0 Å². The summed E-state index contributed by atoms with van der Waals surface area (Å²) in [6.07, 6.45) is 8.12. The van der Waals surface area contributed by atoms with Crippen LogP contribution in [0.2, 0.25) is 0 Å². The van der Waals surface area contributed by atoms with Gasteiger partial charge in [0, 0.05) is 42.0 Å². The fourth-order valence-corrected chi connectivity index (χ4v) is 7.23. The number of H-pyrrole nitrogens is 1. The molecule has 12 heteroatoms. The Bertz CT molecular complexity index is 1160. The van der Waals surface area contributed by atoms with E-state index in [9.17, 15) is 13.2 Å². The van der Waals surface area contributed by atoms with Crippen molar-refractivity contribution in [2.75, 3.05) is 22.1 Å². The molecule has 5 aliphatic rings. The topological polar surface area (TPSA) is 145 Å². The van der Waals surface area contributed by atoms with Crippen LogP contribution >= 0.6 is 0 Å². The van der Waals surface area contributed by atoms with E-state index in [1.807, 2.05) is 17.0 Å². The maximum atomic E-state index is 13.4. The van der Waals surface area contributed by atoms with Gasteiger partial charge in [-0.25, -0.2) is 18.2 Å². The second-order valence-corrected chi connectivity index (χ2v) is 12.2. The number of carbonyl (C=O) groups excluding carboxylic acids is 1. The number of urea groups is 1. The molecule has 2 unspecified atom stereocenters. The molecular weight excluding hydrogens is 456 g/mol. The molecule has 3 fully saturated rings. The van der Waals surface area contributed by atoms with Gasteiger partial charge in [-0.1, -0.05) is 0 Å². The van der Waals surface area contributed by atoms with Gasteiger partial charge in [-0.2, -0.15) is 10.1 Å². The minimum Gasteiger partial charge on any atom is -0.351 e. The first-order valence-corrected chi connectivity index (χ1v) is 14.0. The van der Waals surface area contributed by atoms with E-state index in [1.165, 1.54) is 0 Å². The Morgan fingerprint density at radius 3 is 2.65 bits per heavy atom. The number of aromatic amines is 1. The van der Waals surface area contributed by atoms with Gasteiger partial charge in [0.1, 0.15) is 5.82 Å². The second kappa shape index (κ2) is 8.40. The number of nitrogens with one attached hydrogen (secondary N) is 4. The molecule has 3 aliphatic heterocycles. The van der Waals surface area contributed by atoms with Gasteiger partial charge in [0.25, 0.3) is 0 Å². The summed E-state index contributed by atoms with van der Waals surface area (Å²) in [5.74, 6) is 2.36. The average Bonchev–Trinajstić information content (AvgIpc) is 3.43. The minimum absolute atomic E-state index is 0.0412. The summed E-state index contributed by atoms with van der Waals surface area (Å²) < 4.78 is 23.2. The van der Waals surface area contributed by atoms with Gasteiger partial charge in [0.2, 0.25) is 5.95 Å². The number of nitrogens with zero attached hydrogens (tertiary/aromatic N) is 4. The lowest BCUT2D eigenvalue weighted by atomic mass is 9.89. The molecule has 2 saturated carbocycles. The molecule has 5 heterocycles. The zero-order valence-electron chi connectivity index (χ0n) is 18.9. The molecule has 1 saturated heterocycles. The number of fused-ring (bicyclic) bond motifs is 2. The number of anilines is 3. The van der Waals surface area contributed by atoms with Crippen molar-refractivity contribution in [3.05, 3.63) is 24.0 Å². The Hall–Kier alpha value is -2.89. The van der Waals surface area contributed by atoms with E-state index in [0.717, 1.165) is 50.6 Å². The average molecular weight is 487 g/mol. The largest absolute Gasteiger partial charge is 0.351 e. The van der Waals surface area contributed by atoms with Crippen molar-refractivity contribution in [3.8, 4) is 0 Å². The third kappa shape index (κ3) is 4.30. The van der Waals surface area contributed by atoms with Gasteiger partial charge >= 0.3 is 6.03 Å². The lowest BCUT2D eigenvalue weighted by molar-refractivity contribution is 0.119. The number of hydrogen-bond acceptors (Lipinski definition) is 8. The van der Waals surface area contributed by atoms with Crippen molar-refractivity contribution in [2.24, 2.45) is 0 Å². The molecule has 0 radical (unpaired) electrons. The van der Waals surface area contributed by atoms with Crippen LogP contribution < -0.4 is 16.0 Å². The summed E-state index contributed by atoms with van der Waals surface area (Å²) in [5, 5.41) is 17.3. The number of aromatic nitrogens is 4. The fourth-order valence-electron chi connectivity index (χ4n) is 5.94. The Morgan fingerprint density at radius 1 is 1.06 bits per heavy atom. The fraction of sp³-hybridized carbons (Fsp3) is 0.636. The molecule has 7 rings (SSSR count). The van der Waals surface area contributed by atoms with Gasteiger partial charge in [-0.05, 0) is 51.0 Å². The van der Waals surface area contributed by atoms with Crippen LogP contribution in [-0.2, 0) is 9.84 Å². The quantitative estimate of drug-likeness (QED) is 0.480. The van der Waals surface area contributed by atoms with E-state index in [-0.39, 0.29) is 41.7 Å². The summed E-state index contributed by atoms with van der Waals surface area (Å²) in [6, 6.07) is 3.95. The van der Waals surface area contributed by atoms with Crippen molar-refractivity contribution < 1.29 is 13.2 Å². The van der Waals surface area contributed by atoms with E-state index in [4.69, 9.17) is 0 Å². The number of carbonyl (C=O) groups is 1. The van der Waals surface area contributed by atoms with Crippen LogP contribution in [0.5, 0.6) is 0 Å². The van der Waals surface area contributed by atoms with E-state index in [1.54, 1.807) is 6.20 Å². The first-order chi connectivity index (χ1) is 16.4. The number of sulfone groups is 1. The first kappa shape index (κ1) is 21.6. The number of amides is 2. The molecule has 2 aromatic rings. The first-order valence-electron chi connectivity index (χ1n) is 12.1. The molecule has 11 nitrogen and oxygen atoms in total. The molecular formula is C22H30N8O3S. The maximum Gasteiger partial charge on any atom is 0.318 e. The summed E-state index contributed by atoms with van der Waals surface area (Å²) in [6.45, 7) is 0. The lowest BCUT2D eigenvalue weighted by Crippen LogP contribution is -2.59. The summed E-state index contributed by atoms with van der Waals surface area (Å²) in [4.78, 5) is 24.4. The van der Waals surface area contributed by atoms with E-state index >= 15 is 0 Å². The smallest absolute Gasteiger partial charge is 0.318 e. The molecule has 182 valence electrons. The lowest BCUT2D eigenvalue weighted by Gasteiger charge is -2.42. The molecule has 2 amide bonds. The summed E-state index contributed by atoms with van der Waals surface area (Å²) in [5.41, 5.74) is 1.05. The molecule has 0 aromatic carbocycles. The standard InChI is InChI=1S/C22H30N8O3S/c31-22(25-15-11-34(32,33)12-15)30-16-5-2-14(3-6-16)24-21-23-8-7-19(27-21)26-20-10-18(28-29-20)13-1-4-17(30)9-13/h7-8,10,13-17H,1-6,9,11-12H2,(H,25,31)(H3,23,24,26,27,28,29). The number of hydrogen-bond donors (Lipinski definition) is 4. The molecule has 2 atom stereocenters. The predicted octanol–water partition coefficient (Wildman–Crippen LogP) is 2.12. The van der Waals surface area contributed by atoms with Crippen LogP contribution in [0.15, 0.2) is 18.3 Å². The Balaban J connectivity index is 1.27. The molecule has 34 heavy (non-hydrogen) atoms. The van der Waals surface area contributed by atoms with Crippen molar-refractivity contribution in [2.45, 2.75) is 75.0 Å². The Morgan fingerprint density at radius 2 is 1.85 bits per heavy atom. The molecule has 2 aliphatic carbocycles. The molecule has 8 bridgehead atoms. The van der Waals surface area contributed by atoms with Crippen molar-refractivity contribution in [1.82, 2.24) is 30.4 Å². The van der Waals surface area contributed by atoms with Crippen LogP contribution in [0, 0.1) is 0 Å². The van der Waals surface area contributed by atoms with Crippen LogP contribution in [0.4, 0.5) is 22.4 Å². The predicted molar refractivity (Wildman–Crippen MR) is 127 cm³/mol. The van der Waals surface area contributed by atoms with Crippen LogP contribution in [-0.4, -0.2) is 75.2 Å². The highest BCUT2D eigenvalue weighted by molar-refractivity contribution is 7.92. The van der Waals surface area contributed by atoms with E-state index in [2.05, 4.69) is 36.1 Å². The second-order valence-electron chi connectivity index (χ2n) is 10.0. The highest BCUT2D eigenvalue weighted by Gasteiger charge is 2.41. The van der Waals surface area contributed by atoms with Gasteiger partial charge in [-0.3, -0.25) is 5.10 Å². The van der Waals surface area contributed by atoms with Crippen LogP contribution in [0.1, 0.15) is 56.6 Å². The zero-order valence-corrected chi connectivity index (χ0v) is 19.7. The summed E-state index contributed by atoms with van der Waals surface area (Å²) >= 11 is 0. The van der Waals surface area contributed by atoms with Crippen LogP contribution in [0.3, 0.4) is 0 Å². The van der Waals surface area contributed by atoms with Crippen LogP contribution in [0.25, 0.3) is 0 Å². The molecule has 4 N–H and O–H groups in total.